The Morgan fingerprint density at radius 1 is 1.17 bits per heavy atom. The van der Waals surface area contributed by atoms with Gasteiger partial charge in [-0.05, 0) is 46.1 Å². The Kier molecular flexibility index (Phi) is 9.99. The lowest BCUT2D eigenvalue weighted by atomic mass is 10.1. The molecular weight excluding hydrogens is 382 g/mol. The number of nitrogens with zero attached hydrogens (tertiary/aromatic N) is 1. The summed E-state index contributed by atoms with van der Waals surface area (Å²) in [5, 5.41) is 23.8. The number of carbonyl (C=O) groups excluding carboxylic acids is 3. The predicted octanol–water partition coefficient (Wildman–Crippen LogP) is -2.11. The van der Waals surface area contributed by atoms with Gasteiger partial charge >= 0.3 is 5.97 Å². The Balaban J connectivity index is 2.80. The van der Waals surface area contributed by atoms with E-state index in [2.05, 4.69) is 10.6 Å². The summed E-state index contributed by atoms with van der Waals surface area (Å²) < 4.78 is 0. The summed E-state index contributed by atoms with van der Waals surface area (Å²) in [5.41, 5.74) is 11.3. The fourth-order valence-corrected chi connectivity index (χ4v) is 3.14. The molecule has 29 heavy (non-hydrogen) atoms. The van der Waals surface area contributed by atoms with E-state index in [4.69, 9.17) is 16.6 Å². The van der Waals surface area contributed by atoms with E-state index in [-0.39, 0.29) is 6.54 Å². The van der Waals surface area contributed by atoms with Gasteiger partial charge in [0.15, 0.2) is 0 Å². The van der Waals surface area contributed by atoms with Gasteiger partial charge in [-0.3, -0.25) is 19.2 Å². The number of nitrogens with one attached hydrogen (secondary N) is 2. The summed E-state index contributed by atoms with van der Waals surface area (Å²) >= 11 is 0. The lowest BCUT2D eigenvalue weighted by molar-refractivity contribution is -0.145. The molecule has 1 rings (SSSR count). The lowest BCUT2D eigenvalue weighted by Crippen LogP contribution is -2.59. The summed E-state index contributed by atoms with van der Waals surface area (Å²) in [6.45, 7) is 3.44. The van der Waals surface area contributed by atoms with Crippen molar-refractivity contribution < 1.29 is 29.4 Å². The van der Waals surface area contributed by atoms with Crippen LogP contribution in [0.1, 0.15) is 46.0 Å². The number of hydrogen-bond acceptors (Lipinski definition) is 7. The molecule has 1 fully saturated rings. The number of rotatable bonds is 11. The smallest absolute Gasteiger partial charge is 0.325 e. The highest BCUT2D eigenvalue weighted by molar-refractivity contribution is 5.94. The second-order valence-corrected chi connectivity index (χ2v) is 7.38. The molecule has 0 saturated carbocycles. The molecule has 0 bridgehead atoms. The first kappa shape index (κ1) is 24.8. The third kappa shape index (κ3) is 7.26. The van der Waals surface area contributed by atoms with Gasteiger partial charge < -0.3 is 37.2 Å². The highest BCUT2D eigenvalue weighted by atomic mass is 16.4. The summed E-state index contributed by atoms with van der Waals surface area (Å²) in [5.74, 6) is -2.95. The molecule has 11 heteroatoms. The topological polar surface area (TPSA) is 188 Å². The molecule has 11 nitrogen and oxygen atoms in total. The van der Waals surface area contributed by atoms with Crippen LogP contribution >= 0.6 is 0 Å². The van der Waals surface area contributed by atoms with Crippen LogP contribution in [-0.2, 0) is 19.2 Å². The van der Waals surface area contributed by atoms with E-state index in [0.29, 0.717) is 32.2 Å². The molecule has 0 aromatic heterocycles. The first-order chi connectivity index (χ1) is 13.6. The minimum atomic E-state index is -1.26. The quantitative estimate of drug-likeness (QED) is 0.207. The maximum Gasteiger partial charge on any atom is 0.325 e. The molecule has 0 aliphatic carbocycles. The molecule has 1 saturated heterocycles. The highest BCUT2D eigenvalue weighted by Gasteiger charge is 2.40. The van der Waals surface area contributed by atoms with Crippen LogP contribution in [0.4, 0.5) is 0 Å². The number of amides is 3. The monoisotopic (exact) mass is 415 g/mol. The molecule has 3 amide bonds. The number of unbranched alkanes of at least 4 members (excludes halogenated alkanes) is 1. The fourth-order valence-electron chi connectivity index (χ4n) is 3.14. The Morgan fingerprint density at radius 3 is 2.38 bits per heavy atom. The first-order valence-corrected chi connectivity index (χ1v) is 9.87. The van der Waals surface area contributed by atoms with Gasteiger partial charge in [-0.1, -0.05) is 6.42 Å². The van der Waals surface area contributed by atoms with Crippen molar-refractivity contribution in [1.82, 2.24) is 15.5 Å². The van der Waals surface area contributed by atoms with Crippen LogP contribution in [0.15, 0.2) is 0 Å². The Hall–Kier alpha value is -2.24. The number of carboxylic acids is 1. The minimum absolute atomic E-state index is 0.264. The largest absolute Gasteiger partial charge is 0.480 e. The number of aliphatic hydroxyl groups is 1. The van der Waals surface area contributed by atoms with Crippen LogP contribution in [0.3, 0.4) is 0 Å². The summed E-state index contributed by atoms with van der Waals surface area (Å²) in [7, 11) is 0. The number of carboxylic acid groups (broad SMARTS) is 1. The van der Waals surface area contributed by atoms with Gasteiger partial charge in [0.2, 0.25) is 17.7 Å². The van der Waals surface area contributed by atoms with E-state index in [1.807, 2.05) is 0 Å². The van der Waals surface area contributed by atoms with Crippen molar-refractivity contribution in [2.45, 2.75) is 76.2 Å². The SMILES string of the molecule is CC(NC(=O)C1CCCN1C(=O)C(NC(=O)C(N)CCCCN)C(C)O)C(=O)O. The van der Waals surface area contributed by atoms with E-state index in [1.165, 1.54) is 18.7 Å². The van der Waals surface area contributed by atoms with Gasteiger partial charge in [0.25, 0.3) is 0 Å². The molecule has 8 N–H and O–H groups in total. The standard InChI is InChI=1S/C18H33N5O6/c1-10(18(28)29)21-16(26)13-7-5-9-23(13)17(27)14(11(2)24)22-15(25)12(20)6-3-4-8-19/h10-14,24H,3-9,19-20H2,1-2H3,(H,21,26)(H,22,25)(H,28,29). The van der Waals surface area contributed by atoms with Crippen LogP contribution in [0.2, 0.25) is 0 Å². The second kappa shape index (κ2) is 11.7. The molecule has 5 atom stereocenters. The maximum absolute atomic E-state index is 12.9. The van der Waals surface area contributed by atoms with Crippen molar-refractivity contribution in [1.29, 1.82) is 0 Å². The van der Waals surface area contributed by atoms with Crippen molar-refractivity contribution in [3.05, 3.63) is 0 Å². The van der Waals surface area contributed by atoms with Crippen molar-refractivity contribution in [2.75, 3.05) is 13.1 Å². The van der Waals surface area contributed by atoms with Gasteiger partial charge in [0.05, 0.1) is 12.1 Å². The van der Waals surface area contributed by atoms with Crippen LogP contribution in [0.5, 0.6) is 0 Å². The Labute approximate surface area is 170 Å². The second-order valence-electron chi connectivity index (χ2n) is 7.38. The van der Waals surface area contributed by atoms with Crippen molar-refractivity contribution in [2.24, 2.45) is 11.5 Å². The number of hydrogen-bond donors (Lipinski definition) is 6. The van der Waals surface area contributed by atoms with E-state index >= 15 is 0 Å². The molecule has 0 spiro atoms. The summed E-state index contributed by atoms with van der Waals surface area (Å²) in [6.07, 6.45) is 1.48. The van der Waals surface area contributed by atoms with Gasteiger partial charge in [-0.2, -0.15) is 0 Å². The van der Waals surface area contributed by atoms with Crippen molar-refractivity contribution in [3.63, 3.8) is 0 Å². The zero-order valence-corrected chi connectivity index (χ0v) is 17.0. The van der Waals surface area contributed by atoms with Gasteiger partial charge in [-0.25, -0.2) is 0 Å². The molecule has 1 aliphatic heterocycles. The van der Waals surface area contributed by atoms with Crippen LogP contribution in [0.25, 0.3) is 0 Å². The molecule has 0 aromatic carbocycles. The molecular formula is C18H33N5O6. The summed E-state index contributed by atoms with van der Waals surface area (Å²) in [6, 6.07) is -4.06. The normalized spacial score (nSPS) is 20.4. The number of nitrogens with two attached hydrogens (primary N) is 2. The molecule has 166 valence electrons. The number of aliphatic hydroxyl groups excluding tert-OH is 1. The van der Waals surface area contributed by atoms with E-state index < -0.39 is 54.0 Å². The first-order valence-electron chi connectivity index (χ1n) is 9.87. The van der Waals surface area contributed by atoms with E-state index in [0.717, 1.165) is 6.42 Å². The van der Waals surface area contributed by atoms with Crippen LogP contribution in [0, 0.1) is 0 Å². The molecule has 1 heterocycles. The molecule has 1 aliphatic rings. The minimum Gasteiger partial charge on any atom is -0.480 e. The van der Waals surface area contributed by atoms with Crippen molar-refractivity contribution in [3.8, 4) is 0 Å². The molecule has 0 radical (unpaired) electrons. The third-order valence-electron chi connectivity index (χ3n) is 4.92. The highest BCUT2D eigenvalue weighted by Crippen LogP contribution is 2.19. The number of carbonyl (C=O) groups is 4. The van der Waals surface area contributed by atoms with Gasteiger partial charge in [0.1, 0.15) is 18.1 Å². The van der Waals surface area contributed by atoms with Crippen LogP contribution < -0.4 is 22.1 Å². The third-order valence-corrected chi connectivity index (χ3v) is 4.92. The zero-order chi connectivity index (χ0) is 22.1. The van der Waals surface area contributed by atoms with E-state index in [9.17, 15) is 24.3 Å². The van der Waals surface area contributed by atoms with Crippen LogP contribution in [-0.4, -0.2) is 82.2 Å². The number of aliphatic carboxylic acids is 1. The van der Waals surface area contributed by atoms with Crippen molar-refractivity contribution >= 4 is 23.7 Å². The molecule has 5 unspecified atom stereocenters. The zero-order valence-electron chi connectivity index (χ0n) is 17.0. The average molecular weight is 415 g/mol. The lowest BCUT2D eigenvalue weighted by Gasteiger charge is -2.30. The van der Waals surface area contributed by atoms with E-state index in [1.54, 1.807) is 0 Å². The Morgan fingerprint density at radius 2 is 1.83 bits per heavy atom. The van der Waals surface area contributed by atoms with Gasteiger partial charge in [-0.15, -0.1) is 0 Å². The number of likely N-dealkylation sites (tertiary alicyclic amines) is 1. The predicted molar refractivity (Wildman–Crippen MR) is 104 cm³/mol. The average Bonchev–Trinajstić information content (AvgIpc) is 3.14. The Bertz CT molecular complexity index is 599. The maximum atomic E-state index is 12.9. The molecule has 0 aromatic rings. The van der Waals surface area contributed by atoms with Gasteiger partial charge in [0, 0.05) is 6.54 Å². The summed E-state index contributed by atoms with van der Waals surface area (Å²) in [4.78, 5) is 49.9. The fraction of sp³-hybridized carbons (Fsp3) is 0.778.